The molecule has 166 valence electrons. The first-order valence-corrected chi connectivity index (χ1v) is 10.7. The van der Waals surface area contributed by atoms with E-state index in [1.165, 1.54) is 37.7 Å². The summed E-state index contributed by atoms with van der Waals surface area (Å²) in [5.74, 6) is -1.37. The Kier molecular flexibility index (Phi) is 5.46. The maximum Gasteiger partial charge on any atom is 0.471 e. The lowest BCUT2D eigenvalue weighted by atomic mass is 10.2. The summed E-state index contributed by atoms with van der Waals surface area (Å²) in [6, 6.07) is 12.3. The third-order valence-corrected chi connectivity index (χ3v) is 6.15. The summed E-state index contributed by atoms with van der Waals surface area (Å²) < 4.78 is 73.9. The molecule has 2 aromatic carbocycles. The number of imidazole rings is 1. The Bertz CT molecular complexity index is 1330. The van der Waals surface area contributed by atoms with Gasteiger partial charge in [-0.05, 0) is 48.5 Å². The highest BCUT2D eigenvalue weighted by Gasteiger charge is 2.38. The van der Waals surface area contributed by atoms with Crippen molar-refractivity contribution >= 4 is 9.84 Å². The second-order valence-electron chi connectivity index (χ2n) is 6.67. The van der Waals surface area contributed by atoms with Gasteiger partial charge in [-0.3, -0.25) is 0 Å². The smallest absolute Gasteiger partial charge is 0.471 e. The molecule has 0 fully saturated rings. The Hall–Kier alpha value is -3.67. The van der Waals surface area contributed by atoms with Crippen LogP contribution in [-0.4, -0.2) is 35.2 Å². The number of nitrogens with zero attached hydrogens (tertiary/aromatic N) is 4. The van der Waals surface area contributed by atoms with Crippen LogP contribution in [-0.2, 0) is 21.8 Å². The summed E-state index contributed by atoms with van der Waals surface area (Å²) in [5, 5.41) is 3.34. The topological polar surface area (TPSA) is 100 Å². The van der Waals surface area contributed by atoms with E-state index in [0.29, 0.717) is 22.7 Å². The number of hydrogen-bond donors (Lipinski definition) is 0. The molecule has 0 saturated carbocycles. The van der Waals surface area contributed by atoms with Crippen molar-refractivity contribution in [2.75, 3.05) is 7.11 Å². The minimum Gasteiger partial charge on any atom is -0.497 e. The highest BCUT2D eigenvalue weighted by molar-refractivity contribution is 7.90. The number of halogens is 3. The predicted octanol–water partition coefficient (Wildman–Crippen LogP) is 3.92. The van der Waals surface area contributed by atoms with Gasteiger partial charge in [0.2, 0.25) is 5.82 Å². The van der Waals surface area contributed by atoms with Gasteiger partial charge in [0, 0.05) is 17.4 Å². The van der Waals surface area contributed by atoms with E-state index in [9.17, 15) is 21.6 Å². The highest BCUT2D eigenvalue weighted by atomic mass is 32.2. The Morgan fingerprint density at radius 2 is 1.75 bits per heavy atom. The van der Waals surface area contributed by atoms with E-state index in [4.69, 9.17) is 4.74 Å². The Morgan fingerprint density at radius 1 is 1.06 bits per heavy atom. The average Bonchev–Trinajstić information content (AvgIpc) is 3.43. The van der Waals surface area contributed by atoms with Crippen molar-refractivity contribution in [3.8, 4) is 22.8 Å². The zero-order valence-corrected chi connectivity index (χ0v) is 17.3. The molecule has 0 spiro atoms. The molecule has 0 radical (unpaired) electrons. The molecule has 2 aromatic heterocycles. The van der Waals surface area contributed by atoms with Gasteiger partial charge in [0.05, 0.1) is 29.8 Å². The molecule has 8 nitrogen and oxygen atoms in total. The lowest BCUT2D eigenvalue weighted by Crippen LogP contribution is -2.05. The van der Waals surface area contributed by atoms with Crippen LogP contribution in [0.1, 0.15) is 11.6 Å². The van der Waals surface area contributed by atoms with Crippen molar-refractivity contribution in [1.29, 1.82) is 0 Å². The fourth-order valence-electron chi connectivity index (χ4n) is 2.88. The Labute approximate surface area is 180 Å². The minimum atomic E-state index is -4.72. The average molecular weight is 464 g/mol. The molecule has 4 rings (SSSR count). The first kappa shape index (κ1) is 21.6. The maximum atomic E-state index is 12.6. The maximum absolute atomic E-state index is 12.6. The van der Waals surface area contributed by atoms with Gasteiger partial charge in [0.15, 0.2) is 9.84 Å². The SMILES string of the molecule is COc1ccc(S(=O)(=O)Cc2cn(-c3ccc(-c4noc(C(F)(F)F)n4)cc3)cn2)cc1. The Balaban J connectivity index is 1.50. The molecule has 0 aliphatic heterocycles. The van der Waals surface area contributed by atoms with Gasteiger partial charge in [-0.15, -0.1) is 0 Å². The quantitative estimate of drug-likeness (QED) is 0.426. The lowest BCUT2D eigenvalue weighted by molar-refractivity contribution is -0.159. The van der Waals surface area contributed by atoms with Crippen molar-refractivity contribution in [3.05, 3.63) is 72.6 Å². The van der Waals surface area contributed by atoms with Crippen LogP contribution in [0, 0.1) is 0 Å². The standard InChI is InChI=1S/C20H15F3N4O4S/c1-30-16-6-8-17(9-7-16)32(28,29)11-14-10-27(12-24-14)15-4-2-13(3-5-15)18-25-19(31-26-18)20(21,22)23/h2-10,12H,11H2,1H3. The molecule has 0 N–H and O–H groups in total. The number of hydrogen-bond acceptors (Lipinski definition) is 7. The van der Waals surface area contributed by atoms with E-state index in [0.717, 1.165) is 0 Å². The van der Waals surface area contributed by atoms with Crippen LogP contribution in [0.2, 0.25) is 0 Å². The number of rotatable bonds is 6. The molecular formula is C20H15F3N4O4S. The monoisotopic (exact) mass is 464 g/mol. The number of methoxy groups -OCH3 is 1. The second kappa shape index (κ2) is 8.11. The van der Waals surface area contributed by atoms with Crippen molar-refractivity contribution in [2.45, 2.75) is 16.8 Å². The summed E-state index contributed by atoms with van der Waals surface area (Å²) in [4.78, 5) is 7.63. The third kappa shape index (κ3) is 4.49. The van der Waals surface area contributed by atoms with Crippen LogP contribution in [0.25, 0.3) is 17.1 Å². The molecule has 32 heavy (non-hydrogen) atoms. The molecule has 0 amide bonds. The van der Waals surface area contributed by atoms with E-state index in [1.54, 1.807) is 35.0 Å². The van der Waals surface area contributed by atoms with Crippen LogP contribution in [0.4, 0.5) is 13.2 Å². The molecule has 0 unspecified atom stereocenters. The molecule has 0 saturated heterocycles. The van der Waals surface area contributed by atoms with Crippen LogP contribution >= 0.6 is 0 Å². The first-order valence-electron chi connectivity index (χ1n) is 9.07. The van der Waals surface area contributed by atoms with Crippen LogP contribution < -0.4 is 4.74 Å². The van der Waals surface area contributed by atoms with Crippen molar-refractivity contribution in [1.82, 2.24) is 19.7 Å². The van der Waals surface area contributed by atoms with E-state index in [-0.39, 0.29) is 16.5 Å². The van der Waals surface area contributed by atoms with E-state index in [1.807, 2.05) is 0 Å². The number of benzene rings is 2. The van der Waals surface area contributed by atoms with Crippen LogP contribution in [0.5, 0.6) is 5.75 Å². The largest absolute Gasteiger partial charge is 0.497 e. The molecule has 12 heteroatoms. The normalized spacial score (nSPS) is 12.1. The van der Waals surface area contributed by atoms with Gasteiger partial charge in [-0.25, -0.2) is 13.4 Å². The fourth-order valence-corrected chi connectivity index (χ4v) is 4.13. The third-order valence-electron chi connectivity index (χ3n) is 4.48. The molecule has 0 bridgehead atoms. The molecule has 4 aromatic rings. The first-order chi connectivity index (χ1) is 15.2. The fraction of sp³-hybridized carbons (Fsp3) is 0.150. The zero-order valence-electron chi connectivity index (χ0n) is 16.4. The van der Waals surface area contributed by atoms with Crippen LogP contribution in [0.15, 0.2) is 70.5 Å². The molecule has 0 atom stereocenters. The Morgan fingerprint density at radius 3 is 2.34 bits per heavy atom. The number of aromatic nitrogens is 4. The molecule has 0 aliphatic carbocycles. The van der Waals surface area contributed by atoms with E-state index < -0.39 is 21.9 Å². The number of sulfone groups is 1. The van der Waals surface area contributed by atoms with Gasteiger partial charge in [-0.2, -0.15) is 18.2 Å². The summed E-state index contributed by atoms with van der Waals surface area (Å²) in [6.07, 6.45) is -1.71. The zero-order chi connectivity index (χ0) is 22.9. The molecular weight excluding hydrogens is 449 g/mol. The summed E-state index contributed by atoms with van der Waals surface area (Å²) >= 11 is 0. The van der Waals surface area contributed by atoms with Gasteiger partial charge in [-0.1, -0.05) is 5.16 Å². The minimum absolute atomic E-state index is 0.149. The van der Waals surface area contributed by atoms with Gasteiger partial charge in [0.1, 0.15) is 5.75 Å². The lowest BCUT2D eigenvalue weighted by Gasteiger charge is -2.04. The molecule has 2 heterocycles. The highest BCUT2D eigenvalue weighted by Crippen LogP contribution is 2.29. The van der Waals surface area contributed by atoms with E-state index >= 15 is 0 Å². The number of ether oxygens (including phenoxy) is 1. The van der Waals surface area contributed by atoms with Gasteiger partial charge in [0.25, 0.3) is 0 Å². The van der Waals surface area contributed by atoms with Crippen molar-refractivity contribution in [2.24, 2.45) is 0 Å². The molecule has 0 aliphatic rings. The van der Waals surface area contributed by atoms with Crippen LogP contribution in [0.3, 0.4) is 0 Å². The second-order valence-corrected chi connectivity index (χ2v) is 8.66. The van der Waals surface area contributed by atoms with E-state index in [2.05, 4.69) is 19.6 Å². The van der Waals surface area contributed by atoms with Gasteiger partial charge >= 0.3 is 12.1 Å². The number of alkyl halides is 3. The van der Waals surface area contributed by atoms with Crippen molar-refractivity contribution < 1.29 is 30.8 Å². The summed E-state index contributed by atoms with van der Waals surface area (Å²) in [6.45, 7) is 0. The van der Waals surface area contributed by atoms with Crippen molar-refractivity contribution in [3.63, 3.8) is 0 Å². The predicted molar refractivity (Wildman–Crippen MR) is 106 cm³/mol. The summed E-state index contributed by atoms with van der Waals surface area (Å²) in [7, 11) is -2.12. The van der Waals surface area contributed by atoms with Gasteiger partial charge < -0.3 is 13.8 Å². The summed E-state index contributed by atoms with van der Waals surface area (Å²) in [5.41, 5.74) is 1.28.